The van der Waals surface area contributed by atoms with Gasteiger partial charge in [-0.3, -0.25) is 9.59 Å². The van der Waals surface area contributed by atoms with Crippen LogP contribution in [0.5, 0.6) is 5.75 Å². The maximum Gasteiger partial charge on any atom is 0.345 e. The largest absolute Gasteiger partial charge is 0.422 e. The van der Waals surface area contributed by atoms with Crippen molar-refractivity contribution in [3.8, 4) is 5.75 Å². The highest BCUT2D eigenvalue weighted by molar-refractivity contribution is 14.1. The van der Waals surface area contributed by atoms with Crippen molar-refractivity contribution in [2.45, 2.75) is 0 Å². The first-order chi connectivity index (χ1) is 17.4. The first-order valence-corrected chi connectivity index (χ1v) is 12.2. The molecular weight excluding hydrogens is 593 g/mol. The van der Waals surface area contributed by atoms with Gasteiger partial charge in [-0.2, -0.15) is 5.10 Å². The fraction of sp³-hybridized carbons (Fsp3) is 0.0370. The van der Waals surface area contributed by atoms with Gasteiger partial charge < -0.3 is 10.1 Å². The lowest BCUT2D eigenvalue weighted by atomic mass is 10.0. The minimum absolute atomic E-state index is 0.229. The molecule has 0 unspecified atom stereocenters. The Labute approximate surface area is 225 Å². The Morgan fingerprint density at radius 1 is 0.889 bits per heavy atom. The summed E-state index contributed by atoms with van der Waals surface area (Å²) in [5.41, 5.74) is 3.60. The van der Waals surface area contributed by atoms with Crippen molar-refractivity contribution in [3.05, 3.63) is 110 Å². The van der Waals surface area contributed by atoms with Crippen LogP contribution in [0.3, 0.4) is 0 Å². The summed E-state index contributed by atoms with van der Waals surface area (Å²) in [6.45, 7) is -0.259. The number of hydrazone groups is 1. The Hall–Kier alpha value is -3.76. The van der Waals surface area contributed by atoms with E-state index in [4.69, 9.17) is 16.3 Å². The van der Waals surface area contributed by atoms with E-state index in [9.17, 15) is 14.4 Å². The number of carbonyl (C=O) groups is 3. The molecule has 0 fully saturated rings. The highest BCUT2D eigenvalue weighted by atomic mass is 127. The molecule has 2 N–H and O–H groups in total. The normalized spacial score (nSPS) is 10.8. The number of ether oxygens (including phenoxy) is 1. The molecule has 0 aliphatic heterocycles. The number of halogens is 2. The van der Waals surface area contributed by atoms with Crippen molar-refractivity contribution in [1.29, 1.82) is 0 Å². The van der Waals surface area contributed by atoms with Crippen molar-refractivity contribution in [2.24, 2.45) is 5.10 Å². The van der Waals surface area contributed by atoms with Crippen molar-refractivity contribution in [2.75, 3.05) is 6.54 Å². The summed E-state index contributed by atoms with van der Waals surface area (Å²) in [6, 6.07) is 24.6. The third-order valence-corrected chi connectivity index (χ3v) is 6.41. The van der Waals surface area contributed by atoms with E-state index in [1.165, 1.54) is 6.21 Å². The predicted octanol–water partition coefficient (Wildman–Crippen LogP) is 5.20. The molecule has 0 radical (unpaired) electrons. The number of carbonyl (C=O) groups excluding carboxylic acids is 3. The fourth-order valence-corrected chi connectivity index (χ4v) is 4.23. The van der Waals surface area contributed by atoms with Crippen LogP contribution in [0.15, 0.2) is 90.0 Å². The second-order valence-electron chi connectivity index (χ2n) is 7.52. The second-order valence-corrected chi connectivity index (χ2v) is 9.09. The number of nitrogens with zero attached hydrogens (tertiary/aromatic N) is 1. The first kappa shape index (κ1) is 25.3. The molecule has 0 aliphatic carbocycles. The van der Waals surface area contributed by atoms with Gasteiger partial charge in [0.1, 0.15) is 5.75 Å². The highest BCUT2D eigenvalue weighted by Gasteiger charge is 2.16. The van der Waals surface area contributed by atoms with Gasteiger partial charge in [-0.1, -0.05) is 66.2 Å². The SMILES string of the molecule is O=C(CNC(=O)c1ccccc1I)N/N=C\c1c(OC(=O)c2ccccc2Cl)ccc2ccccc12. The third kappa shape index (κ3) is 6.07. The van der Waals surface area contributed by atoms with Gasteiger partial charge in [-0.25, -0.2) is 10.2 Å². The number of hydrogen-bond acceptors (Lipinski definition) is 5. The molecule has 2 amide bonds. The standard InChI is InChI=1S/C27H19ClIN3O4/c28-22-11-5-3-9-19(22)27(35)36-24-14-13-17-7-1-2-8-18(17)21(24)15-31-32-25(33)16-30-26(34)20-10-4-6-12-23(20)29/h1-15H,16H2,(H,30,34)(H,32,33)/b31-15-. The Bertz CT molecular complexity index is 1490. The Balaban J connectivity index is 1.49. The molecule has 4 aromatic rings. The van der Waals surface area contributed by atoms with Gasteiger partial charge in [-0.15, -0.1) is 0 Å². The lowest BCUT2D eigenvalue weighted by Crippen LogP contribution is -2.35. The molecule has 0 aliphatic rings. The van der Waals surface area contributed by atoms with Gasteiger partial charge >= 0.3 is 5.97 Å². The predicted molar refractivity (Wildman–Crippen MR) is 148 cm³/mol. The molecule has 0 aromatic heterocycles. The molecule has 0 heterocycles. The molecule has 0 spiro atoms. The van der Waals surface area contributed by atoms with E-state index in [1.807, 2.05) is 36.4 Å². The summed E-state index contributed by atoms with van der Waals surface area (Å²) < 4.78 is 6.41. The lowest BCUT2D eigenvalue weighted by Gasteiger charge is -2.11. The maximum atomic E-state index is 12.7. The summed E-state index contributed by atoms with van der Waals surface area (Å²) in [4.78, 5) is 37.3. The number of hydrogen-bond donors (Lipinski definition) is 2. The zero-order valence-electron chi connectivity index (χ0n) is 18.7. The summed E-state index contributed by atoms with van der Waals surface area (Å²) in [5, 5.41) is 8.53. The molecule has 0 atom stereocenters. The van der Waals surface area contributed by atoms with Crippen LogP contribution >= 0.6 is 34.2 Å². The van der Waals surface area contributed by atoms with Gasteiger partial charge in [0.05, 0.1) is 28.9 Å². The zero-order chi connectivity index (χ0) is 25.5. The van der Waals surface area contributed by atoms with Gasteiger partial charge in [0.15, 0.2) is 0 Å². The molecule has 0 bridgehead atoms. The van der Waals surface area contributed by atoms with Crippen LogP contribution in [0.2, 0.25) is 5.02 Å². The Morgan fingerprint density at radius 3 is 2.36 bits per heavy atom. The second kappa shape index (κ2) is 11.8. The van der Waals surface area contributed by atoms with Crippen LogP contribution < -0.4 is 15.5 Å². The van der Waals surface area contributed by atoms with E-state index in [1.54, 1.807) is 48.5 Å². The summed E-state index contributed by atoms with van der Waals surface area (Å²) >= 11 is 8.19. The first-order valence-electron chi connectivity index (χ1n) is 10.8. The maximum absolute atomic E-state index is 12.7. The third-order valence-electron chi connectivity index (χ3n) is 5.14. The minimum atomic E-state index is -0.618. The summed E-state index contributed by atoms with van der Waals surface area (Å²) in [7, 11) is 0. The number of esters is 1. The quantitative estimate of drug-likeness (QED) is 0.0988. The molecule has 0 saturated heterocycles. The van der Waals surface area contributed by atoms with Crippen LogP contribution in [-0.4, -0.2) is 30.5 Å². The number of amides is 2. The average Bonchev–Trinajstić information content (AvgIpc) is 2.88. The van der Waals surface area contributed by atoms with Crippen molar-refractivity contribution in [1.82, 2.24) is 10.7 Å². The monoisotopic (exact) mass is 611 g/mol. The van der Waals surface area contributed by atoms with E-state index >= 15 is 0 Å². The van der Waals surface area contributed by atoms with Crippen LogP contribution in [0.1, 0.15) is 26.3 Å². The van der Waals surface area contributed by atoms with Crippen molar-refractivity contribution in [3.63, 3.8) is 0 Å². The van der Waals surface area contributed by atoms with E-state index in [-0.39, 0.29) is 28.8 Å². The Kier molecular flexibility index (Phi) is 8.29. The van der Waals surface area contributed by atoms with Crippen LogP contribution in [0, 0.1) is 3.57 Å². The lowest BCUT2D eigenvalue weighted by molar-refractivity contribution is -0.120. The summed E-state index contributed by atoms with van der Waals surface area (Å²) in [6.07, 6.45) is 1.40. The number of benzene rings is 4. The average molecular weight is 612 g/mol. The van der Waals surface area contributed by atoms with E-state index in [2.05, 4.69) is 38.4 Å². The van der Waals surface area contributed by atoms with Crippen molar-refractivity contribution >= 4 is 69.0 Å². The fourth-order valence-electron chi connectivity index (χ4n) is 3.39. The molecular formula is C27H19ClIN3O4. The minimum Gasteiger partial charge on any atom is -0.422 e. The number of fused-ring (bicyclic) bond motifs is 1. The van der Waals surface area contributed by atoms with Crippen LogP contribution in [0.4, 0.5) is 0 Å². The molecule has 9 heteroatoms. The van der Waals surface area contributed by atoms with Crippen molar-refractivity contribution < 1.29 is 19.1 Å². The molecule has 36 heavy (non-hydrogen) atoms. The van der Waals surface area contributed by atoms with Gasteiger partial charge in [-0.05, 0) is 63.7 Å². The van der Waals surface area contributed by atoms with Gasteiger partial charge in [0, 0.05) is 9.13 Å². The number of nitrogens with one attached hydrogen (secondary N) is 2. The van der Waals surface area contributed by atoms with E-state index in [0.717, 1.165) is 14.3 Å². The zero-order valence-corrected chi connectivity index (χ0v) is 21.6. The molecule has 180 valence electrons. The highest BCUT2D eigenvalue weighted by Crippen LogP contribution is 2.28. The number of rotatable bonds is 7. The smallest absolute Gasteiger partial charge is 0.345 e. The van der Waals surface area contributed by atoms with E-state index < -0.39 is 11.9 Å². The van der Waals surface area contributed by atoms with Gasteiger partial charge in [0.25, 0.3) is 11.8 Å². The van der Waals surface area contributed by atoms with Crippen LogP contribution in [0.25, 0.3) is 10.8 Å². The van der Waals surface area contributed by atoms with E-state index in [0.29, 0.717) is 11.1 Å². The molecule has 4 aromatic carbocycles. The van der Waals surface area contributed by atoms with Gasteiger partial charge in [0.2, 0.25) is 0 Å². The molecule has 0 saturated carbocycles. The topological polar surface area (TPSA) is 96.9 Å². The van der Waals surface area contributed by atoms with Crippen LogP contribution in [-0.2, 0) is 4.79 Å². The Morgan fingerprint density at radius 2 is 1.58 bits per heavy atom. The molecule has 4 rings (SSSR count). The molecule has 7 nitrogen and oxygen atoms in total. The summed E-state index contributed by atoms with van der Waals surface area (Å²) in [5.74, 6) is -1.24.